The fourth-order valence-corrected chi connectivity index (χ4v) is 4.42. The average Bonchev–Trinajstić information content (AvgIpc) is 2.81. The van der Waals surface area contributed by atoms with Gasteiger partial charge >= 0.3 is 6.09 Å². The summed E-state index contributed by atoms with van der Waals surface area (Å²) >= 11 is 0. The second kappa shape index (κ2) is 9.51. The minimum Gasteiger partial charge on any atom is -0.508 e. The number of nitrogens with one attached hydrogen (secondary N) is 2. The summed E-state index contributed by atoms with van der Waals surface area (Å²) in [5.74, 6) is 0.612. The highest BCUT2D eigenvalue weighted by molar-refractivity contribution is 5.96. The number of aliphatic hydroxyl groups is 1. The van der Waals surface area contributed by atoms with E-state index in [1.807, 2.05) is 45.9 Å². The minimum absolute atomic E-state index is 0.0882. The van der Waals surface area contributed by atoms with Gasteiger partial charge in [0.2, 0.25) is 0 Å². The predicted molar refractivity (Wildman–Crippen MR) is 134 cm³/mol. The Kier molecular flexibility index (Phi) is 6.76. The Balaban J connectivity index is 1.44. The Morgan fingerprint density at radius 2 is 2.00 bits per heavy atom. The number of ether oxygens (including phenoxy) is 3. The first-order valence-electron chi connectivity index (χ1n) is 11.8. The fourth-order valence-electron chi connectivity index (χ4n) is 4.42. The average molecular weight is 500 g/mol. The Morgan fingerprint density at radius 3 is 2.72 bits per heavy atom. The van der Waals surface area contributed by atoms with Crippen LogP contribution in [0.25, 0.3) is 0 Å². The van der Waals surface area contributed by atoms with Gasteiger partial charge in [0.05, 0.1) is 24.6 Å². The molecule has 2 aromatic carbocycles. The van der Waals surface area contributed by atoms with Gasteiger partial charge in [0.1, 0.15) is 22.8 Å². The number of β-amino-alcohol motifs (C(OH)–C–C–N with tert-alkyl or cyclic N) is 1. The summed E-state index contributed by atoms with van der Waals surface area (Å²) in [4.78, 5) is 26.1. The van der Waals surface area contributed by atoms with Gasteiger partial charge in [-0.3, -0.25) is 9.69 Å². The van der Waals surface area contributed by atoms with Gasteiger partial charge in [0, 0.05) is 35.8 Å². The van der Waals surface area contributed by atoms with Gasteiger partial charge in [-0.15, -0.1) is 0 Å². The van der Waals surface area contributed by atoms with E-state index in [0.29, 0.717) is 35.7 Å². The number of aromatic hydroxyl groups is 1. The van der Waals surface area contributed by atoms with Crippen LogP contribution in [0.2, 0.25) is 0 Å². The van der Waals surface area contributed by atoms with Crippen LogP contribution >= 0.6 is 0 Å². The first kappa shape index (κ1) is 25.6. The molecule has 10 heteroatoms. The largest absolute Gasteiger partial charge is 0.508 e. The first-order valence-corrected chi connectivity index (χ1v) is 11.8. The summed E-state index contributed by atoms with van der Waals surface area (Å²) < 4.78 is 16.6. The molecule has 0 spiro atoms. The van der Waals surface area contributed by atoms with Crippen LogP contribution in [0.4, 0.5) is 16.2 Å². The molecule has 1 atom stereocenters. The topological polar surface area (TPSA) is 130 Å². The fraction of sp³-hybridized carbons (Fsp3) is 0.462. The van der Waals surface area contributed by atoms with E-state index in [0.717, 1.165) is 11.3 Å². The van der Waals surface area contributed by atoms with Crippen molar-refractivity contribution in [3.05, 3.63) is 41.5 Å². The molecule has 0 aliphatic carbocycles. The molecule has 0 saturated heterocycles. The third-order valence-electron chi connectivity index (χ3n) is 6.52. The van der Waals surface area contributed by atoms with Crippen molar-refractivity contribution in [1.29, 1.82) is 0 Å². The van der Waals surface area contributed by atoms with E-state index in [1.54, 1.807) is 12.0 Å². The van der Waals surface area contributed by atoms with E-state index in [9.17, 15) is 19.8 Å². The number of aliphatic hydroxyl groups excluding tert-OH is 1. The SMILES string of the molecule is COc1ccc2c(c1)C(C)(C)OC(=O)N2CCC(C)(C)NCC(O)c1cc(O)cc2c1OCC(=O)N2. The van der Waals surface area contributed by atoms with Crippen molar-refractivity contribution in [3.63, 3.8) is 0 Å². The molecule has 0 bridgehead atoms. The Morgan fingerprint density at radius 1 is 1.25 bits per heavy atom. The number of benzene rings is 2. The standard InChI is InChI=1S/C26H33N3O7/c1-25(2,27-13-21(31)17-10-15(30)11-19-23(17)35-14-22(32)28-19)8-9-29-20-7-6-16(34-5)12-18(20)26(3,4)36-24(29)33/h6-7,10-12,21,27,30-31H,8-9,13-14H2,1-5H3,(H,28,32). The zero-order valence-electron chi connectivity index (χ0n) is 21.2. The van der Waals surface area contributed by atoms with Gasteiger partial charge in [-0.05, 0) is 58.4 Å². The first-order chi connectivity index (χ1) is 16.9. The molecule has 1 unspecified atom stereocenters. The zero-order chi connectivity index (χ0) is 26.3. The highest BCUT2D eigenvalue weighted by Crippen LogP contribution is 2.41. The number of cyclic esters (lactones) is 1. The number of carbonyl (C=O) groups is 2. The molecule has 194 valence electrons. The van der Waals surface area contributed by atoms with Crippen LogP contribution in [-0.4, -0.2) is 54.6 Å². The number of methoxy groups -OCH3 is 1. The summed E-state index contributed by atoms with van der Waals surface area (Å²) in [5, 5.41) is 26.9. The number of phenols is 1. The number of hydrogen-bond acceptors (Lipinski definition) is 8. The normalized spacial score (nSPS) is 17.3. The van der Waals surface area contributed by atoms with E-state index in [-0.39, 0.29) is 24.8 Å². The van der Waals surface area contributed by atoms with Crippen molar-refractivity contribution in [3.8, 4) is 17.2 Å². The molecule has 0 aromatic heterocycles. The highest BCUT2D eigenvalue weighted by Gasteiger charge is 2.39. The molecule has 10 nitrogen and oxygen atoms in total. The van der Waals surface area contributed by atoms with Crippen LogP contribution < -0.4 is 25.0 Å². The molecule has 2 heterocycles. The lowest BCUT2D eigenvalue weighted by Crippen LogP contribution is -2.48. The van der Waals surface area contributed by atoms with Crippen molar-refractivity contribution >= 4 is 23.4 Å². The lowest BCUT2D eigenvalue weighted by atomic mass is 9.93. The van der Waals surface area contributed by atoms with E-state index in [4.69, 9.17) is 14.2 Å². The lowest BCUT2D eigenvalue weighted by Gasteiger charge is -2.40. The quantitative estimate of drug-likeness (QED) is 0.435. The van der Waals surface area contributed by atoms with Gasteiger partial charge in [-0.1, -0.05) is 0 Å². The summed E-state index contributed by atoms with van der Waals surface area (Å²) in [6.45, 7) is 8.04. The molecular formula is C26H33N3O7. The van der Waals surface area contributed by atoms with Crippen LogP contribution in [0.3, 0.4) is 0 Å². The maximum Gasteiger partial charge on any atom is 0.415 e. The molecule has 0 saturated carbocycles. The van der Waals surface area contributed by atoms with Gasteiger partial charge in [-0.2, -0.15) is 0 Å². The van der Waals surface area contributed by atoms with Crippen LogP contribution in [0.15, 0.2) is 30.3 Å². The van der Waals surface area contributed by atoms with Gasteiger partial charge in [0.15, 0.2) is 6.61 Å². The van der Waals surface area contributed by atoms with Crippen LogP contribution in [0.5, 0.6) is 17.2 Å². The van der Waals surface area contributed by atoms with Gasteiger partial charge in [-0.25, -0.2) is 4.79 Å². The molecule has 0 fully saturated rings. The molecule has 2 amide bonds. The van der Waals surface area contributed by atoms with E-state index in [2.05, 4.69) is 10.6 Å². The second-order valence-corrected chi connectivity index (χ2v) is 10.2. The molecule has 4 N–H and O–H groups in total. The summed E-state index contributed by atoms with van der Waals surface area (Å²) in [6, 6.07) is 8.37. The third-order valence-corrected chi connectivity index (χ3v) is 6.52. The molecule has 2 aliphatic heterocycles. The van der Waals surface area contributed by atoms with Gasteiger partial charge in [0.25, 0.3) is 5.91 Å². The van der Waals surface area contributed by atoms with Crippen molar-refractivity contribution < 1.29 is 34.0 Å². The second-order valence-electron chi connectivity index (χ2n) is 10.2. The molecule has 4 rings (SSSR count). The maximum absolute atomic E-state index is 12.8. The van der Waals surface area contributed by atoms with Crippen molar-refractivity contribution in [2.24, 2.45) is 0 Å². The van der Waals surface area contributed by atoms with Crippen molar-refractivity contribution in [2.45, 2.75) is 51.4 Å². The van der Waals surface area contributed by atoms with Crippen LogP contribution in [0.1, 0.15) is 51.3 Å². The third kappa shape index (κ3) is 5.19. The summed E-state index contributed by atoms with van der Waals surface area (Å²) in [5.41, 5.74) is 1.09. The Hall–Kier alpha value is -3.50. The number of anilines is 2. The summed E-state index contributed by atoms with van der Waals surface area (Å²) in [6.07, 6.45) is -0.862. The predicted octanol–water partition coefficient (Wildman–Crippen LogP) is 3.42. The highest BCUT2D eigenvalue weighted by atomic mass is 16.6. The van der Waals surface area contributed by atoms with Gasteiger partial charge < -0.3 is 35.1 Å². The minimum atomic E-state index is -1.01. The number of fused-ring (bicyclic) bond motifs is 2. The number of amides is 2. The number of hydrogen-bond donors (Lipinski definition) is 4. The molecule has 2 aromatic rings. The number of phenolic OH excluding ortho intramolecular Hbond substituents is 1. The lowest BCUT2D eigenvalue weighted by molar-refractivity contribution is -0.118. The summed E-state index contributed by atoms with van der Waals surface area (Å²) in [7, 11) is 1.60. The Bertz CT molecular complexity index is 1180. The molecule has 2 aliphatic rings. The van der Waals surface area contributed by atoms with Crippen LogP contribution in [-0.2, 0) is 15.1 Å². The number of rotatable bonds is 8. The van der Waals surface area contributed by atoms with E-state index in [1.165, 1.54) is 12.1 Å². The molecular weight excluding hydrogens is 466 g/mol. The zero-order valence-corrected chi connectivity index (χ0v) is 21.2. The number of carbonyl (C=O) groups excluding carboxylic acids is 2. The maximum atomic E-state index is 12.8. The molecule has 36 heavy (non-hydrogen) atoms. The monoisotopic (exact) mass is 499 g/mol. The van der Waals surface area contributed by atoms with E-state index >= 15 is 0 Å². The van der Waals surface area contributed by atoms with Crippen molar-refractivity contribution in [1.82, 2.24) is 5.32 Å². The van der Waals surface area contributed by atoms with Crippen molar-refractivity contribution in [2.75, 3.05) is 37.0 Å². The van der Waals surface area contributed by atoms with Crippen LogP contribution in [0, 0.1) is 0 Å². The smallest absolute Gasteiger partial charge is 0.415 e. The Labute approximate surface area is 210 Å². The molecule has 0 radical (unpaired) electrons. The number of nitrogens with zero attached hydrogens (tertiary/aromatic N) is 1. The van der Waals surface area contributed by atoms with E-state index < -0.39 is 23.3 Å².